The Morgan fingerprint density at radius 2 is 2.13 bits per heavy atom. The molecule has 1 amide bonds. The fraction of sp³-hybridized carbons (Fsp3) is 0.353. The van der Waals surface area contributed by atoms with Crippen molar-refractivity contribution in [3.63, 3.8) is 0 Å². The molecule has 0 aliphatic heterocycles. The summed E-state index contributed by atoms with van der Waals surface area (Å²) in [4.78, 5) is 14.3. The van der Waals surface area contributed by atoms with E-state index in [1.165, 1.54) is 7.11 Å². The Hall–Kier alpha value is -2.81. The Morgan fingerprint density at radius 1 is 1.43 bits per heavy atom. The average Bonchev–Trinajstić information content (AvgIpc) is 3.04. The third-order valence-electron chi connectivity index (χ3n) is 3.51. The van der Waals surface area contributed by atoms with Crippen LogP contribution < -0.4 is 4.74 Å². The summed E-state index contributed by atoms with van der Waals surface area (Å²) in [5.41, 5.74) is 1.10. The van der Waals surface area contributed by atoms with Crippen LogP contribution in [0.3, 0.4) is 0 Å². The van der Waals surface area contributed by atoms with Gasteiger partial charge in [-0.05, 0) is 26.0 Å². The summed E-state index contributed by atoms with van der Waals surface area (Å²) in [6.07, 6.45) is 1.68. The summed E-state index contributed by atoms with van der Waals surface area (Å²) in [5, 5.41) is 13.3. The lowest BCUT2D eigenvalue weighted by Gasteiger charge is -2.21. The minimum absolute atomic E-state index is 0.235. The molecule has 6 heteroatoms. The first-order valence-electron chi connectivity index (χ1n) is 7.48. The number of para-hydroxylation sites is 1. The zero-order valence-electron chi connectivity index (χ0n) is 13.6. The quantitative estimate of drug-likeness (QED) is 0.821. The predicted octanol–water partition coefficient (Wildman–Crippen LogP) is 2.50. The fourth-order valence-electron chi connectivity index (χ4n) is 2.25. The van der Waals surface area contributed by atoms with Crippen LogP contribution in [-0.2, 0) is 0 Å². The van der Waals surface area contributed by atoms with Crippen LogP contribution in [0.15, 0.2) is 36.5 Å². The minimum atomic E-state index is -0.235. The van der Waals surface area contributed by atoms with Gasteiger partial charge in [-0.15, -0.1) is 0 Å². The lowest BCUT2D eigenvalue weighted by Crippen LogP contribution is -2.34. The molecule has 0 saturated heterocycles. The molecule has 120 valence electrons. The van der Waals surface area contributed by atoms with Crippen LogP contribution in [0.1, 0.15) is 24.3 Å². The second-order valence-corrected chi connectivity index (χ2v) is 5.20. The smallest absolute Gasteiger partial charge is 0.278 e. The van der Waals surface area contributed by atoms with Gasteiger partial charge in [0.05, 0.1) is 31.0 Å². The van der Waals surface area contributed by atoms with Crippen LogP contribution >= 0.6 is 0 Å². The van der Waals surface area contributed by atoms with Crippen molar-refractivity contribution in [2.24, 2.45) is 5.92 Å². The largest absolute Gasteiger partial charge is 0.493 e. The number of ether oxygens (including phenoxy) is 1. The highest BCUT2D eigenvalue weighted by Crippen LogP contribution is 2.21. The molecule has 1 heterocycles. The number of nitriles is 1. The molecule has 0 spiro atoms. The normalized spacial score (nSPS) is 11.6. The second kappa shape index (κ2) is 7.45. The Labute approximate surface area is 135 Å². The Kier molecular flexibility index (Phi) is 5.36. The summed E-state index contributed by atoms with van der Waals surface area (Å²) in [5.74, 6) is -0.0517. The molecular formula is C17H20N4O2. The van der Waals surface area contributed by atoms with Gasteiger partial charge >= 0.3 is 0 Å². The fourth-order valence-corrected chi connectivity index (χ4v) is 2.25. The summed E-state index contributed by atoms with van der Waals surface area (Å²) in [7, 11) is 1.51. The molecule has 1 aromatic carbocycles. The van der Waals surface area contributed by atoms with Gasteiger partial charge < -0.3 is 9.64 Å². The maximum absolute atomic E-state index is 12.7. The highest BCUT2D eigenvalue weighted by Gasteiger charge is 2.24. The lowest BCUT2D eigenvalue weighted by molar-refractivity contribution is 0.0743. The molecule has 0 aliphatic rings. The molecule has 0 saturated carbocycles. The number of benzene rings is 1. The number of carbonyl (C=O) groups excluding carboxylic acids is 1. The van der Waals surface area contributed by atoms with E-state index >= 15 is 0 Å². The number of hydrogen-bond acceptors (Lipinski definition) is 4. The lowest BCUT2D eigenvalue weighted by atomic mass is 10.2. The van der Waals surface area contributed by atoms with Gasteiger partial charge in [-0.25, -0.2) is 4.68 Å². The van der Waals surface area contributed by atoms with E-state index in [4.69, 9.17) is 10.00 Å². The van der Waals surface area contributed by atoms with Gasteiger partial charge in [0.15, 0.2) is 11.4 Å². The number of aromatic nitrogens is 2. The highest BCUT2D eigenvalue weighted by molar-refractivity contribution is 5.95. The summed E-state index contributed by atoms with van der Waals surface area (Å²) < 4.78 is 6.92. The molecule has 0 fully saturated rings. The number of methoxy groups -OCH3 is 1. The van der Waals surface area contributed by atoms with Gasteiger partial charge in [0.25, 0.3) is 5.91 Å². The molecule has 0 bridgehead atoms. The third-order valence-corrected chi connectivity index (χ3v) is 3.51. The number of hydrogen-bond donors (Lipinski definition) is 0. The maximum Gasteiger partial charge on any atom is 0.278 e. The van der Waals surface area contributed by atoms with Gasteiger partial charge in [0.2, 0.25) is 0 Å². The summed E-state index contributed by atoms with van der Waals surface area (Å²) >= 11 is 0. The molecule has 1 atom stereocenters. The number of nitrogens with zero attached hydrogens (tertiary/aromatic N) is 4. The van der Waals surface area contributed by atoms with E-state index in [2.05, 4.69) is 11.2 Å². The molecule has 0 aliphatic carbocycles. The van der Waals surface area contributed by atoms with E-state index in [-0.39, 0.29) is 17.5 Å². The maximum atomic E-state index is 12.7. The SMILES string of the molecule is CCN(CC(C)C#N)C(=O)c1nn(-c2ccccc2)cc1OC. The van der Waals surface area contributed by atoms with Gasteiger partial charge in [0, 0.05) is 13.1 Å². The van der Waals surface area contributed by atoms with Crippen molar-refractivity contribution >= 4 is 5.91 Å². The van der Waals surface area contributed by atoms with Crippen molar-refractivity contribution in [3.8, 4) is 17.5 Å². The minimum Gasteiger partial charge on any atom is -0.493 e. The first-order valence-corrected chi connectivity index (χ1v) is 7.48. The average molecular weight is 312 g/mol. The van der Waals surface area contributed by atoms with Crippen molar-refractivity contribution in [3.05, 3.63) is 42.2 Å². The van der Waals surface area contributed by atoms with Crippen molar-refractivity contribution in [2.75, 3.05) is 20.2 Å². The van der Waals surface area contributed by atoms with Crippen molar-refractivity contribution < 1.29 is 9.53 Å². The number of amides is 1. The van der Waals surface area contributed by atoms with E-state index < -0.39 is 0 Å². The van der Waals surface area contributed by atoms with E-state index in [1.54, 1.807) is 22.7 Å². The topological polar surface area (TPSA) is 71.2 Å². The number of rotatable bonds is 6. The predicted molar refractivity (Wildman–Crippen MR) is 86.5 cm³/mol. The zero-order valence-corrected chi connectivity index (χ0v) is 13.6. The molecule has 0 N–H and O–H groups in total. The van der Waals surface area contributed by atoms with E-state index in [0.717, 1.165) is 5.69 Å². The first-order chi connectivity index (χ1) is 11.1. The van der Waals surface area contributed by atoms with E-state index in [9.17, 15) is 4.79 Å². The van der Waals surface area contributed by atoms with Gasteiger partial charge in [-0.2, -0.15) is 10.4 Å². The van der Waals surface area contributed by atoms with Crippen LogP contribution in [0.25, 0.3) is 5.69 Å². The standard InChI is InChI=1S/C17H20N4O2/c1-4-20(11-13(2)10-18)17(22)16-15(23-3)12-21(19-16)14-8-6-5-7-9-14/h5-9,12-13H,4,11H2,1-3H3. The molecule has 1 aromatic heterocycles. The Morgan fingerprint density at radius 3 is 2.70 bits per heavy atom. The third kappa shape index (κ3) is 3.69. The second-order valence-electron chi connectivity index (χ2n) is 5.20. The van der Waals surface area contributed by atoms with Crippen LogP contribution in [0.4, 0.5) is 0 Å². The van der Waals surface area contributed by atoms with Crippen molar-refractivity contribution in [2.45, 2.75) is 13.8 Å². The molecule has 0 radical (unpaired) electrons. The van der Waals surface area contributed by atoms with Crippen LogP contribution in [-0.4, -0.2) is 40.8 Å². The zero-order chi connectivity index (χ0) is 16.8. The van der Waals surface area contributed by atoms with Crippen molar-refractivity contribution in [1.82, 2.24) is 14.7 Å². The Bertz CT molecular complexity index is 703. The van der Waals surface area contributed by atoms with E-state index in [1.807, 2.05) is 37.3 Å². The van der Waals surface area contributed by atoms with Crippen molar-refractivity contribution in [1.29, 1.82) is 5.26 Å². The molecule has 6 nitrogen and oxygen atoms in total. The Balaban J connectivity index is 2.33. The molecule has 1 unspecified atom stereocenters. The van der Waals surface area contributed by atoms with Crippen LogP contribution in [0.2, 0.25) is 0 Å². The molecule has 23 heavy (non-hydrogen) atoms. The number of carbonyl (C=O) groups is 1. The molecule has 2 rings (SSSR count). The van der Waals surface area contributed by atoms with Gasteiger partial charge in [0.1, 0.15) is 0 Å². The van der Waals surface area contributed by atoms with E-state index in [0.29, 0.717) is 18.8 Å². The van der Waals surface area contributed by atoms with Gasteiger partial charge in [-0.3, -0.25) is 4.79 Å². The monoisotopic (exact) mass is 312 g/mol. The highest BCUT2D eigenvalue weighted by atomic mass is 16.5. The molecule has 2 aromatic rings. The van der Waals surface area contributed by atoms with Crippen LogP contribution in [0, 0.1) is 17.2 Å². The molecular weight excluding hydrogens is 292 g/mol. The first kappa shape index (κ1) is 16.6. The summed E-state index contributed by atoms with van der Waals surface area (Å²) in [6, 6.07) is 11.7. The summed E-state index contributed by atoms with van der Waals surface area (Å²) in [6.45, 7) is 4.54. The van der Waals surface area contributed by atoms with Gasteiger partial charge in [-0.1, -0.05) is 18.2 Å². The van der Waals surface area contributed by atoms with Crippen LogP contribution in [0.5, 0.6) is 5.75 Å².